The van der Waals surface area contributed by atoms with Crippen LogP contribution in [-0.2, 0) is 6.54 Å². The van der Waals surface area contributed by atoms with E-state index in [1.54, 1.807) is 18.2 Å². The molecule has 0 amide bonds. The molecule has 0 aliphatic carbocycles. The molecule has 17 heavy (non-hydrogen) atoms. The molecule has 0 saturated carbocycles. The second kappa shape index (κ2) is 5.51. The number of halogens is 1. The first-order valence-electron chi connectivity index (χ1n) is 5.16. The van der Waals surface area contributed by atoms with Crippen molar-refractivity contribution >= 4 is 0 Å². The summed E-state index contributed by atoms with van der Waals surface area (Å²) >= 11 is 0. The van der Waals surface area contributed by atoms with Gasteiger partial charge in [-0.15, -0.1) is 0 Å². The molecule has 2 N–H and O–H groups in total. The largest absolute Gasteiger partial charge is 0.387 e. The zero-order valence-corrected chi connectivity index (χ0v) is 9.01. The van der Waals surface area contributed by atoms with E-state index in [0.29, 0.717) is 12.4 Å². The predicted molar refractivity (Wildman–Crippen MR) is 57.4 cm³/mol. The van der Waals surface area contributed by atoms with Crippen molar-refractivity contribution in [2.75, 3.05) is 6.54 Å². The van der Waals surface area contributed by atoms with Crippen LogP contribution < -0.4 is 5.32 Å². The number of rotatable bonds is 5. The number of hydrogen-bond donors (Lipinski definition) is 2. The summed E-state index contributed by atoms with van der Waals surface area (Å²) in [5, 5.41) is 16.3. The Morgan fingerprint density at radius 3 is 2.94 bits per heavy atom. The maximum Gasteiger partial charge on any atom is 0.213 e. The van der Waals surface area contributed by atoms with Crippen molar-refractivity contribution in [1.29, 1.82) is 0 Å². The second-order valence-corrected chi connectivity index (χ2v) is 3.52. The van der Waals surface area contributed by atoms with Crippen LogP contribution in [0.2, 0.25) is 0 Å². The first-order chi connectivity index (χ1) is 8.27. The zero-order chi connectivity index (χ0) is 12.1. The molecular formula is C11H12FN3O2. The Kier molecular flexibility index (Phi) is 3.79. The maximum absolute atomic E-state index is 13.3. The summed E-state index contributed by atoms with van der Waals surface area (Å²) in [6, 6.07) is 6.13. The Morgan fingerprint density at radius 1 is 1.41 bits per heavy atom. The fraction of sp³-hybridized carbons (Fsp3) is 0.273. The highest BCUT2D eigenvalue weighted by atomic mass is 19.1. The molecule has 1 aromatic carbocycles. The van der Waals surface area contributed by atoms with Crippen LogP contribution in [0.15, 0.2) is 35.2 Å². The average molecular weight is 237 g/mol. The summed E-state index contributed by atoms with van der Waals surface area (Å²) in [4.78, 5) is 3.81. The van der Waals surface area contributed by atoms with Gasteiger partial charge in [0.25, 0.3) is 0 Å². The molecule has 1 aromatic heterocycles. The standard InChI is InChI=1S/C11H12FN3O2/c12-9-4-2-1-3-8(9)10(16)5-13-6-11-14-7-17-15-11/h1-4,7,10,13,16H,5-6H2. The van der Waals surface area contributed by atoms with E-state index in [0.717, 1.165) is 0 Å². The highest BCUT2D eigenvalue weighted by Gasteiger charge is 2.11. The SMILES string of the molecule is OC(CNCc1ncon1)c1ccccc1F. The van der Waals surface area contributed by atoms with E-state index in [-0.39, 0.29) is 12.1 Å². The monoisotopic (exact) mass is 237 g/mol. The minimum atomic E-state index is -0.900. The minimum Gasteiger partial charge on any atom is -0.387 e. The van der Waals surface area contributed by atoms with Gasteiger partial charge in [0.1, 0.15) is 5.82 Å². The van der Waals surface area contributed by atoms with Crippen molar-refractivity contribution in [3.63, 3.8) is 0 Å². The fourth-order valence-electron chi connectivity index (χ4n) is 1.45. The van der Waals surface area contributed by atoms with E-state index in [4.69, 9.17) is 0 Å². The van der Waals surface area contributed by atoms with E-state index < -0.39 is 11.9 Å². The highest BCUT2D eigenvalue weighted by Crippen LogP contribution is 2.15. The highest BCUT2D eigenvalue weighted by molar-refractivity contribution is 5.19. The molecule has 2 aromatic rings. The van der Waals surface area contributed by atoms with Crippen LogP contribution >= 0.6 is 0 Å². The summed E-state index contributed by atoms with van der Waals surface area (Å²) in [6.07, 6.45) is 0.327. The minimum absolute atomic E-state index is 0.218. The van der Waals surface area contributed by atoms with Gasteiger partial charge < -0.3 is 14.9 Å². The molecule has 1 unspecified atom stereocenters. The average Bonchev–Trinajstić information content (AvgIpc) is 2.82. The van der Waals surface area contributed by atoms with E-state index in [1.165, 1.54) is 12.5 Å². The molecule has 0 saturated heterocycles. The second-order valence-electron chi connectivity index (χ2n) is 3.52. The molecule has 0 fully saturated rings. The van der Waals surface area contributed by atoms with Crippen LogP contribution in [-0.4, -0.2) is 21.8 Å². The van der Waals surface area contributed by atoms with Crippen molar-refractivity contribution in [3.05, 3.63) is 47.9 Å². The van der Waals surface area contributed by atoms with E-state index in [9.17, 15) is 9.50 Å². The van der Waals surface area contributed by atoms with Crippen LogP contribution in [0, 0.1) is 5.82 Å². The molecule has 0 aliphatic heterocycles. The Labute approximate surface area is 97.3 Å². The quantitative estimate of drug-likeness (QED) is 0.812. The third-order valence-electron chi connectivity index (χ3n) is 2.29. The molecule has 90 valence electrons. The summed E-state index contributed by atoms with van der Waals surface area (Å²) in [5.74, 6) is 0.0760. The number of hydrogen-bond acceptors (Lipinski definition) is 5. The summed E-state index contributed by atoms with van der Waals surface area (Å²) in [6.45, 7) is 0.581. The fourth-order valence-corrected chi connectivity index (χ4v) is 1.45. The van der Waals surface area contributed by atoms with Gasteiger partial charge in [-0.2, -0.15) is 4.98 Å². The van der Waals surface area contributed by atoms with Crippen molar-refractivity contribution < 1.29 is 14.0 Å². The van der Waals surface area contributed by atoms with E-state index in [1.807, 2.05) is 0 Å². The lowest BCUT2D eigenvalue weighted by Gasteiger charge is -2.11. The normalized spacial score (nSPS) is 12.6. The number of aliphatic hydroxyl groups is 1. The van der Waals surface area contributed by atoms with E-state index in [2.05, 4.69) is 20.0 Å². The lowest BCUT2D eigenvalue weighted by Crippen LogP contribution is -2.22. The molecule has 0 radical (unpaired) electrons. The first-order valence-corrected chi connectivity index (χ1v) is 5.16. The molecule has 5 nitrogen and oxygen atoms in total. The Bertz CT molecular complexity index is 461. The molecule has 1 atom stereocenters. The first kappa shape index (κ1) is 11.7. The van der Waals surface area contributed by atoms with Gasteiger partial charge in [0, 0.05) is 12.1 Å². The molecule has 0 aliphatic rings. The van der Waals surface area contributed by atoms with Gasteiger partial charge >= 0.3 is 0 Å². The van der Waals surface area contributed by atoms with Crippen LogP contribution in [0.25, 0.3) is 0 Å². The van der Waals surface area contributed by atoms with Crippen LogP contribution in [0.4, 0.5) is 4.39 Å². The number of nitrogens with one attached hydrogen (secondary N) is 1. The molecule has 6 heteroatoms. The third kappa shape index (κ3) is 3.08. The maximum atomic E-state index is 13.3. The van der Waals surface area contributed by atoms with Crippen LogP contribution in [0.3, 0.4) is 0 Å². The van der Waals surface area contributed by atoms with Gasteiger partial charge in [0.15, 0.2) is 5.82 Å². The molecular weight excluding hydrogens is 225 g/mol. The Hall–Kier alpha value is -1.79. The van der Waals surface area contributed by atoms with E-state index >= 15 is 0 Å². The number of nitrogens with zero attached hydrogens (tertiary/aromatic N) is 2. The van der Waals surface area contributed by atoms with Gasteiger partial charge in [0.05, 0.1) is 12.6 Å². The summed E-state index contributed by atoms with van der Waals surface area (Å²) < 4.78 is 17.9. The van der Waals surface area contributed by atoms with Gasteiger partial charge in [-0.1, -0.05) is 23.4 Å². The number of aromatic nitrogens is 2. The lowest BCUT2D eigenvalue weighted by molar-refractivity contribution is 0.169. The molecule has 0 bridgehead atoms. The number of aliphatic hydroxyl groups excluding tert-OH is 1. The van der Waals surface area contributed by atoms with Crippen LogP contribution in [0.5, 0.6) is 0 Å². The predicted octanol–water partition coefficient (Wildman–Crippen LogP) is 1.03. The van der Waals surface area contributed by atoms with Gasteiger partial charge in [-0.05, 0) is 6.07 Å². The number of benzene rings is 1. The third-order valence-corrected chi connectivity index (χ3v) is 2.29. The van der Waals surface area contributed by atoms with Gasteiger partial charge in [-0.25, -0.2) is 4.39 Å². The Morgan fingerprint density at radius 2 is 2.24 bits per heavy atom. The molecule has 1 heterocycles. The summed E-state index contributed by atoms with van der Waals surface area (Å²) in [7, 11) is 0. The van der Waals surface area contributed by atoms with Crippen molar-refractivity contribution in [1.82, 2.24) is 15.5 Å². The topological polar surface area (TPSA) is 71.2 Å². The van der Waals surface area contributed by atoms with Crippen LogP contribution in [0.1, 0.15) is 17.5 Å². The zero-order valence-electron chi connectivity index (χ0n) is 9.01. The van der Waals surface area contributed by atoms with Crippen molar-refractivity contribution in [2.24, 2.45) is 0 Å². The Balaban J connectivity index is 1.85. The smallest absolute Gasteiger partial charge is 0.213 e. The van der Waals surface area contributed by atoms with Gasteiger partial charge in [-0.3, -0.25) is 0 Å². The van der Waals surface area contributed by atoms with Gasteiger partial charge in [0.2, 0.25) is 6.39 Å². The molecule has 0 spiro atoms. The van der Waals surface area contributed by atoms with Crippen molar-refractivity contribution in [3.8, 4) is 0 Å². The lowest BCUT2D eigenvalue weighted by atomic mass is 10.1. The van der Waals surface area contributed by atoms with Crippen molar-refractivity contribution in [2.45, 2.75) is 12.6 Å². The molecule has 2 rings (SSSR count). The summed E-state index contributed by atoms with van der Waals surface area (Å²) in [5.41, 5.74) is 0.271.